The van der Waals surface area contributed by atoms with Gasteiger partial charge < -0.3 is 14.7 Å². The molecule has 1 amide bonds. The van der Waals surface area contributed by atoms with Crippen LogP contribution in [0.5, 0.6) is 0 Å². The van der Waals surface area contributed by atoms with Crippen LogP contribution < -0.4 is 0 Å². The molecule has 98 valence electrons. The summed E-state index contributed by atoms with van der Waals surface area (Å²) in [5, 5.41) is 8.46. The number of carbonyl (C=O) groups excluding carboxylic acids is 1. The maximum Gasteiger partial charge on any atom is 0.313 e. The zero-order chi connectivity index (χ0) is 12.7. The molecule has 0 bridgehead atoms. The number of aliphatic carboxylic acids is 1. The van der Waals surface area contributed by atoms with Crippen molar-refractivity contribution in [3.8, 4) is 0 Å². The highest BCUT2D eigenvalue weighted by Gasteiger charge is 2.18. The minimum Gasteiger partial charge on any atom is -0.481 e. The molecule has 0 aliphatic carbocycles. The Morgan fingerprint density at radius 1 is 1.47 bits per heavy atom. The molecule has 0 aromatic heterocycles. The number of carboxylic acids is 1. The molecule has 1 atom stereocenters. The molecule has 0 spiro atoms. The molecule has 1 aliphatic heterocycles. The molecule has 1 heterocycles. The number of carboxylic acid groups (broad SMARTS) is 1. The molecule has 1 rings (SSSR count). The summed E-state index contributed by atoms with van der Waals surface area (Å²) in [4.78, 5) is 23.6. The van der Waals surface area contributed by atoms with E-state index in [2.05, 4.69) is 0 Å². The van der Waals surface area contributed by atoms with E-state index in [1.54, 1.807) is 11.9 Å². The molecular weight excluding hydrogens is 242 g/mol. The summed E-state index contributed by atoms with van der Waals surface area (Å²) in [6.45, 7) is 2.25. The van der Waals surface area contributed by atoms with Gasteiger partial charge in [-0.2, -0.15) is 0 Å². The first kappa shape index (κ1) is 14.3. The van der Waals surface area contributed by atoms with Crippen molar-refractivity contribution in [3.05, 3.63) is 0 Å². The molecule has 1 fully saturated rings. The summed E-state index contributed by atoms with van der Waals surface area (Å²) < 4.78 is 5.35. The van der Waals surface area contributed by atoms with Gasteiger partial charge in [-0.25, -0.2) is 0 Å². The first-order chi connectivity index (χ1) is 8.09. The third-order valence-electron chi connectivity index (χ3n) is 2.66. The fourth-order valence-corrected chi connectivity index (χ4v) is 2.45. The van der Waals surface area contributed by atoms with Crippen LogP contribution in [0.25, 0.3) is 0 Å². The standard InChI is InChI=1S/C11H19NO4S/c1-12(5-9-3-2-4-16-6-9)10(13)7-17-8-11(14)15/h9H,2-8H2,1H3,(H,14,15). The molecule has 0 saturated carbocycles. The summed E-state index contributed by atoms with van der Waals surface area (Å²) in [5.41, 5.74) is 0. The van der Waals surface area contributed by atoms with E-state index >= 15 is 0 Å². The van der Waals surface area contributed by atoms with E-state index in [-0.39, 0.29) is 17.4 Å². The van der Waals surface area contributed by atoms with Crippen LogP contribution in [-0.2, 0) is 14.3 Å². The van der Waals surface area contributed by atoms with E-state index in [1.807, 2.05) is 0 Å². The van der Waals surface area contributed by atoms with Crippen molar-refractivity contribution in [1.82, 2.24) is 4.90 Å². The van der Waals surface area contributed by atoms with Gasteiger partial charge >= 0.3 is 5.97 Å². The normalized spacial score (nSPS) is 19.9. The number of nitrogens with zero attached hydrogens (tertiary/aromatic N) is 1. The minimum atomic E-state index is -0.883. The second kappa shape index (κ2) is 7.55. The van der Waals surface area contributed by atoms with E-state index in [1.165, 1.54) is 0 Å². The number of amides is 1. The van der Waals surface area contributed by atoms with Crippen LogP contribution in [0.2, 0.25) is 0 Å². The number of thioether (sulfide) groups is 1. The van der Waals surface area contributed by atoms with Crippen LogP contribution in [0.3, 0.4) is 0 Å². The van der Waals surface area contributed by atoms with Gasteiger partial charge in [0.2, 0.25) is 5.91 Å². The van der Waals surface area contributed by atoms with Crippen LogP contribution in [0.1, 0.15) is 12.8 Å². The van der Waals surface area contributed by atoms with Crippen molar-refractivity contribution in [2.45, 2.75) is 12.8 Å². The molecular formula is C11H19NO4S. The van der Waals surface area contributed by atoms with Crippen molar-refractivity contribution in [1.29, 1.82) is 0 Å². The predicted octanol–water partition coefficient (Wildman–Crippen LogP) is 0.689. The van der Waals surface area contributed by atoms with Crippen molar-refractivity contribution in [2.75, 3.05) is 38.3 Å². The van der Waals surface area contributed by atoms with Gasteiger partial charge in [-0.1, -0.05) is 0 Å². The summed E-state index contributed by atoms with van der Waals surface area (Å²) in [7, 11) is 1.76. The summed E-state index contributed by atoms with van der Waals surface area (Å²) in [6, 6.07) is 0. The van der Waals surface area contributed by atoms with Gasteiger partial charge in [0.25, 0.3) is 0 Å². The monoisotopic (exact) mass is 261 g/mol. The zero-order valence-electron chi connectivity index (χ0n) is 10.1. The van der Waals surface area contributed by atoms with Gasteiger partial charge in [0.05, 0.1) is 18.1 Å². The summed E-state index contributed by atoms with van der Waals surface area (Å²) in [6.07, 6.45) is 2.15. The predicted molar refractivity (Wildman–Crippen MR) is 66.1 cm³/mol. The lowest BCUT2D eigenvalue weighted by molar-refractivity contribution is -0.133. The van der Waals surface area contributed by atoms with E-state index in [9.17, 15) is 9.59 Å². The van der Waals surface area contributed by atoms with Crippen molar-refractivity contribution in [2.24, 2.45) is 5.92 Å². The molecule has 1 N–H and O–H groups in total. The van der Waals surface area contributed by atoms with Crippen molar-refractivity contribution >= 4 is 23.6 Å². The highest BCUT2D eigenvalue weighted by atomic mass is 32.2. The molecule has 17 heavy (non-hydrogen) atoms. The first-order valence-corrected chi connectivity index (χ1v) is 6.86. The average Bonchev–Trinajstić information content (AvgIpc) is 2.29. The lowest BCUT2D eigenvalue weighted by atomic mass is 10.0. The third-order valence-corrected chi connectivity index (χ3v) is 3.57. The summed E-state index contributed by atoms with van der Waals surface area (Å²) >= 11 is 1.14. The van der Waals surface area contributed by atoms with Crippen LogP contribution in [0.4, 0.5) is 0 Å². The molecule has 5 nitrogen and oxygen atoms in total. The Bertz CT molecular complexity index is 266. The van der Waals surface area contributed by atoms with E-state index in [0.29, 0.717) is 12.5 Å². The number of ether oxygens (including phenoxy) is 1. The highest BCUT2D eigenvalue weighted by Crippen LogP contribution is 2.14. The number of rotatable bonds is 6. The van der Waals surface area contributed by atoms with Gasteiger partial charge in [0.1, 0.15) is 0 Å². The largest absolute Gasteiger partial charge is 0.481 e. The Labute approximate surface area is 105 Å². The molecule has 0 radical (unpaired) electrons. The minimum absolute atomic E-state index is 0.0122. The quantitative estimate of drug-likeness (QED) is 0.762. The Hall–Kier alpha value is -0.750. The SMILES string of the molecule is CN(CC1CCCOC1)C(=O)CSCC(=O)O. The van der Waals surface area contributed by atoms with Gasteiger partial charge in [-0.15, -0.1) is 11.8 Å². The average molecular weight is 261 g/mol. The molecule has 1 unspecified atom stereocenters. The van der Waals surface area contributed by atoms with Gasteiger partial charge in [-0.05, 0) is 18.8 Å². The lowest BCUT2D eigenvalue weighted by Gasteiger charge is -2.27. The molecule has 1 saturated heterocycles. The topological polar surface area (TPSA) is 66.8 Å². The molecule has 0 aromatic rings. The summed E-state index contributed by atoms with van der Waals surface area (Å²) in [5.74, 6) is -0.266. The Kier molecular flexibility index (Phi) is 6.36. The fourth-order valence-electron chi connectivity index (χ4n) is 1.78. The van der Waals surface area contributed by atoms with Crippen LogP contribution in [0.15, 0.2) is 0 Å². The molecule has 1 aliphatic rings. The highest BCUT2D eigenvalue weighted by molar-refractivity contribution is 8.00. The van der Waals surface area contributed by atoms with E-state index in [0.717, 1.165) is 37.8 Å². The van der Waals surface area contributed by atoms with E-state index < -0.39 is 5.97 Å². The van der Waals surface area contributed by atoms with Gasteiger partial charge in [0.15, 0.2) is 0 Å². The molecule has 6 heteroatoms. The van der Waals surface area contributed by atoms with Gasteiger partial charge in [-0.3, -0.25) is 9.59 Å². The van der Waals surface area contributed by atoms with Crippen molar-refractivity contribution in [3.63, 3.8) is 0 Å². The zero-order valence-corrected chi connectivity index (χ0v) is 10.9. The Morgan fingerprint density at radius 2 is 2.24 bits per heavy atom. The molecule has 0 aromatic carbocycles. The van der Waals surface area contributed by atoms with Crippen LogP contribution in [-0.4, -0.2) is 60.2 Å². The first-order valence-electron chi connectivity index (χ1n) is 5.71. The second-order valence-corrected chi connectivity index (χ2v) is 5.23. The van der Waals surface area contributed by atoms with Gasteiger partial charge in [0, 0.05) is 20.2 Å². The second-order valence-electron chi connectivity index (χ2n) is 4.24. The smallest absolute Gasteiger partial charge is 0.313 e. The fraction of sp³-hybridized carbons (Fsp3) is 0.818. The lowest BCUT2D eigenvalue weighted by Crippen LogP contribution is -2.36. The number of hydrogen-bond acceptors (Lipinski definition) is 4. The number of carbonyl (C=O) groups is 2. The maximum atomic E-state index is 11.7. The Morgan fingerprint density at radius 3 is 2.82 bits per heavy atom. The van der Waals surface area contributed by atoms with Crippen LogP contribution >= 0.6 is 11.8 Å². The van der Waals surface area contributed by atoms with E-state index in [4.69, 9.17) is 9.84 Å². The Balaban J connectivity index is 2.18. The van der Waals surface area contributed by atoms with Crippen LogP contribution in [0, 0.1) is 5.92 Å². The number of hydrogen-bond donors (Lipinski definition) is 1. The third kappa shape index (κ3) is 5.93. The maximum absolute atomic E-state index is 11.7. The van der Waals surface area contributed by atoms with Crippen molar-refractivity contribution < 1.29 is 19.4 Å².